The zero-order valence-corrected chi connectivity index (χ0v) is 9.86. The van der Waals surface area contributed by atoms with Gasteiger partial charge in [-0.05, 0) is 32.2 Å². The van der Waals surface area contributed by atoms with Gasteiger partial charge in [-0.1, -0.05) is 12.8 Å². The quantitative estimate of drug-likeness (QED) is 0.774. The maximum Gasteiger partial charge on any atom is 0.248 e. The molecule has 2 aliphatic rings. The fourth-order valence-corrected chi connectivity index (χ4v) is 2.73. The number of morpholine rings is 1. The number of carbonyl (C=O) groups is 1. The Morgan fingerprint density at radius 2 is 2.12 bits per heavy atom. The monoisotopic (exact) mass is 226 g/mol. The first-order valence-corrected chi connectivity index (χ1v) is 6.42. The third-order valence-electron chi connectivity index (χ3n) is 3.66. The Hall–Kier alpha value is -0.610. The Morgan fingerprint density at radius 1 is 1.38 bits per heavy atom. The molecule has 1 atom stereocenters. The predicted octanol–water partition coefficient (Wildman–Crippen LogP) is 0.895. The van der Waals surface area contributed by atoms with Gasteiger partial charge in [-0.15, -0.1) is 0 Å². The van der Waals surface area contributed by atoms with Crippen molar-refractivity contribution >= 4 is 5.91 Å². The van der Waals surface area contributed by atoms with Crippen molar-refractivity contribution in [1.82, 2.24) is 4.90 Å². The fraction of sp³-hybridized carbons (Fsp3) is 0.917. The molecule has 1 unspecified atom stereocenters. The van der Waals surface area contributed by atoms with Gasteiger partial charge in [-0.3, -0.25) is 4.79 Å². The van der Waals surface area contributed by atoms with E-state index in [9.17, 15) is 4.79 Å². The highest BCUT2D eigenvalue weighted by atomic mass is 16.5. The van der Waals surface area contributed by atoms with Crippen molar-refractivity contribution in [2.45, 2.75) is 50.7 Å². The highest BCUT2D eigenvalue weighted by Crippen LogP contribution is 2.26. The van der Waals surface area contributed by atoms with Crippen molar-refractivity contribution in [3.63, 3.8) is 0 Å². The van der Waals surface area contributed by atoms with E-state index in [0.717, 1.165) is 19.4 Å². The van der Waals surface area contributed by atoms with Crippen LogP contribution in [0.25, 0.3) is 0 Å². The molecule has 0 aromatic heterocycles. The molecule has 2 fully saturated rings. The van der Waals surface area contributed by atoms with Crippen molar-refractivity contribution in [2.75, 3.05) is 19.7 Å². The van der Waals surface area contributed by atoms with E-state index in [0.29, 0.717) is 12.6 Å². The molecule has 1 saturated carbocycles. The maximum atomic E-state index is 11.8. The van der Waals surface area contributed by atoms with E-state index in [1.54, 1.807) is 0 Å². The van der Waals surface area contributed by atoms with Crippen LogP contribution in [0.5, 0.6) is 0 Å². The van der Waals surface area contributed by atoms with Gasteiger partial charge in [0.15, 0.2) is 0 Å². The molecule has 0 spiro atoms. The Kier molecular flexibility index (Phi) is 4.18. The summed E-state index contributed by atoms with van der Waals surface area (Å²) >= 11 is 0. The largest absolute Gasteiger partial charge is 0.367 e. The fourth-order valence-electron chi connectivity index (χ4n) is 2.73. The topological polar surface area (TPSA) is 55.6 Å². The molecule has 1 amide bonds. The predicted molar refractivity (Wildman–Crippen MR) is 62.0 cm³/mol. The van der Waals surface area contributed by atoms with Crippen molar-refractivity contribution in [3.05, 3.63) is 0 Å². The van der Waals surface area contributed by atoms with Crippen molar-refractivity contribution in [1.29, 1.82) is 0 Å². The molecule has 92 valence electrons. The van der Waals surface area contributed by atoms with Gasteiger partial charge >= 0.3 is 0 Å². The number of hydrogen-bond donors (Lipinski definition) is 1. The van der Waals surface area contributed by atoms with Crippen LogP contribution in [0.2, 0.25) is 0 Å². The number of carbonyl (C=O) groups excluding carboxylic acids is 1. The first-order chi connectivity index (χ1) is 7.81. The molecule has 2 rings (SSSR count). The van der Waals surface area contributed by atoms with Gasteiger partial charge in [0.1, 0.15) is 6.61 Å². The standard InChI is InChI=1S/C12H22N2O2/c13-7-3-6-11-8-14(12(15)9-16-11)10-4-1-2-5-10/h10-11H,1-9,13H2. The molecule has 1 aliphatic heterocycles. The smallest absolute Gasteiger partial charge is 0.248 e. The molecule has 1 heterocycles. The number of amides is 1. The molecule has 4 heteroatoms. The summed E-state index contributed by atoms with van der Waals surface area (Å²) in [6.45, 7) is 1.76. The summed E-state index contributed by atoms with van der Waals surface area (Å²) in [5, 5.41) is 0. The van der Waals surface area contributed by atoms with Crippen LogP contribution in [0.1, 0.15) is 38.5 Å². The molecular weight excluding hydrogens is 204 g/mol. The van der Waals surface area contributed by atoms with Crippen LogP contribution < -0.4 is 5.73 Å². The summed E-state index contributed by atoms with van der Waals surface area (Å²) in [7, 11) is 0. The van der Waals surface area contributed by atoms with Crippen LogP contribution in [0.4, 0.5) is 0 Å². The Labute approximate surface area is 97.1 Å². The van der Waals surface area contributed by atoms with Crippen molar-refractivity contribution < 1.29 is 9.53 Å². The molecule has 0 bridgehead atoms. The summed E-state index contributed by atoms with van der Waals surface area (Å²) in [4.78, 5) is 13.8. The zero-order valence-electron chi connectivity index (χ0n) is 9.86. The van der Waals surface area contributed by atoms with Gasteiger partial charge in [0, 0.05) is 12.6 Å². The summed E-state index contributed by atoms with van der Waals surface area (Å²) in [6, 6.07) is 0.483. The highest BCUT2D eigenvalue weighted by Gasteiger charge is 2.32. The highest BCUT2D eigenvalue weighted by molar-refractivity contribution is 5.78. The zero-order chi connectivity index (χ0) is 11.4. The minimum absolute atomic E-state index is 0.177. The molecular formula is C12H22N2O2. The van der Waals surface area contributed by atoms with E-state index in [4.69, 9.17) is 10.5 Å². The number of hydrogen-bond acceptors (Lipinski definition) is 3. The lowest BCUT2D eigenvalue weighted by atomic mass is 10.1. The van der Waals surface area contributed by atoms with Crippen LogP contribution in [-0.2, 0) is 9.53 Å². The second-order valence-electron chi connectivity index (χ2n) is 4.85. The second-order valence-corrected chi connectivity index (χ2v) is 4.85. The minimum atomic E-state index is 0.177. The number of nitrogens with two attached hydrogens (primary N) is 1. The van der Waals surface area contributed by atoms with Crippen LogP contribution >= 0.6 is 0 Å². The van der Waals surface area contributed by atoms with E-state index in [1.165, 1.54) is 25.7 Å². The second kappa shape index (κ2) is 5.64. The van der Waals surface area contributed by atoms with Crippen molar-refractivity contribution in [2.24, 2.45) is 5.73 Å². The van der Waals surface area contributed by atoms with Gasteiger partial charge in [0.2, 0.25) is 5.91 Å². The first-order valence-electron chi connectivity index (χ1n) is 6.42. The van der Waals surface area contributed by atoms with Crippen LogP contribution in [0, 0.1) is 0 Å². The van der Waals surface area contributed by atoms with E-state index in [2.05, 4.69) is 4.90 Å². The molecule has 4 nitrogen and oxygen atoms in total. The molecule has 1 saturated heterocycles. The Morgan fingerprint density at radius 3 is 2.81 bits per heavy atom. The summed E-state index contributed by atoms with van der Waals surface area (Å²) in [5.74, 6) is 0.177. The Bertz CT molecular complexity index is 239. The number of rotatable bonds is 4. The van der Waals surface area contributed by atoms with Crippen molar-refractivity contribution in [3.8, 4) is 0 Å². The van der Waals surface area contributed by atoms with Crippen LogP contribution in [0.3, 0.4) is 0 Å². The minimum Gasteiger partial charge on any atom is -0.367 e. The lowest BCUT2D eigenvalue weighted by molar-refractivity contribution is -0.152. The van der Waals surface area contributed by atoms with E-state index >= 15 is 0 Å². The van der Waals surface area contributed by atoms with E-state index < -0.39 is 0 Å². The first kappa shape index (κ1) is 11.9. The van der Waals surface area contributed by atoms with Gasteiger partial charge in [0.25, 0.3) is 0 Å². The molecule has 2 N–H and O–H groups in total. The van der Waals surface area contributed by atoms with Gasteiger partial charge in [-0.2, -0.15) is 0 Å². The Balaban J connectivity index is 1.86. The van der Waals surface area contributed by atoms with E-state index in [-0.39, 0.29) is 18.6 Å². The SMILES string of the molecule is NCCCC1CN(C2CCCC2)C(=O)CO1. The number of nitrogens with zero attached hydrogens (tertiary/aromatic N) is 1. The number of ether oxygens (including phenoxy) is 1. The third kappa shape index (κ3) is 2.74. The van der Waals surface area contributed by atoms with Gasteiger partial charge in [-0.25, -0.2) is 0 Å². The van der Waals surface area contributed by atoms with Crippen LogP contribution in [-0.4, -0.2) is 42.6 Å². The van der Waals surface area contributed by atoms with Crippen LogP contribution in [0.15, 0.2) is 0 Å². The molecule has 0 aromatic carbocycles. The van der Waals surface area contributed by atoms with E-state index in [1.807, 2.05) is 0 Å². The molecule has 0 aromatic rings. The lowest BCUT2D eigenvalue weighted by Crippen LogP contribution is -2.50. The molecule has 1 aliphatic carbocycles. The average Bonchev–Trinajstić information content (AvgIpc) is 2.81. The summed E-state index contributed by atoms with van der Waals surface area (Å²) in [5.41, 5.74) is 5.49. The summed E-state index contributed by atoms with van der Waals surface area (Å²) in [6.07, 6.45) is 7.06. The lowest BCUT2D eigenvalue weighted by Gasteiger charge is -2.36. The summed E-state index contributed by atoms with van der Waals surface area (Å²) < 4.78 is 5.54. The maximum absolute atomic E-state index is 11.8. The third-order valence-corrected chi connectivity index (χ3v) is 3.66. The van der Waals surface area contributed by atoms with Gasteiger partial charge < -0.3 is 15.4 Å². The van der Waals surface area contributed by atoms with Gasteiger partial charge in [0.05, 0.1) is 6.10 Å². The normalized spacial score (nSPS) is 27.7. The molecule has 0 radical (unpaired) electrons. The molecule has 16 heavy (non-hydrogen) atoms. The average molecular weight is 226 g/mol.